The van der Waals surface area contributed by atoms with Crippen molar-refractivity contribution in [1.82, 2.24) is 10.2 Å². The van der Waals surface area contributed by atoms with Crippen LogP contribution in [0.1, 0.15) is 58.1 Å². The monoisotopic (exact) mass is 362 g/mol. The number of benzene rings is 1. The third-order valence-electron chi connectivity index (χ3n) is 4.31. The van der Waals surface area contributed by atoms with Gasteiger partial charge in [-0.2, -0.15) is 0 Å². The molecule has 1 fully saturated rings. The molecule has 1 heterocycles. The number of nitrogens with zero attached hydrogens (tertiary/aromatic N) is 1. The van der Waals surface area contributed by atoms with E-state index in [1.165, 1.54) is 0 Å². The van der Waals surface area contributed by atoms with E-state index in [0.29, 0.717) is 19.4 Å². The average molecular weight is 362 g/mol. The van der Waals surface area contributed by atoms with Crippen molar-refractivity contribution >= 4 is 12.0 Å². The lowest BCUT2D eigenvalue weighted by molar-refractivity contribution is -0.132. The Morgan fingerprint density at radius 2 is 1.92 bits per heavy atom. The van der Waals surface area contributed by atoms with Crippen LogP contribution in [0.5, 0.6) is 5.75 Å². The first-order chi connectivity index (χ1) is 12.3. The highest BCUT2D eigenvalue weighted by Crippen LogP contribution is 2.33. The van der Waals surface area contributed by atoms with Crippen molar-refractivity contribution in [1.29, 1.82) is 0 Å². The van der Waals surface area contributed by atoms with Gasteiger partial charge in [0.2, 0.25) is 5.91 Å². The quantitative estimate of drug-likeness (QED) is 0.784. The van der Waals surface area contributed by atoms with Gasteiger partial charge in [-0.15, -0.1) is 0 Å². The summed E-state index contributed by atoms with van der Waals surface area (Å²) in [6, 6.07) is 8.05. The van der Waals surface area contributed by atoms with E-state index < -0.39 is 11.7 Å². The van der Waals surface area contributed by atoms with Crippen LogP contribution in [0.3, 0.4) is 0 Å². The van der Waals surface area contributed by atoms with Crippen LogP contribution in [0, 0.1) is 0 Å². The topological polar surface area (TPSA) is 67.9 Å². The number of ether oxygens (including phenoxy) is 2. The SMILES string of the molecule is COc1ccc(C2CCCN2C(=O)CCCNC(=O)OC(C)(C)C)cc1. The smallest absolute Gasteiger partial charge is 0.407 e. The number of hydrogen-bond acceptors (Lipinski definition) is 4. The molecule has 1 atom stereocenters. The van der Waals surface area contributed by atoms with Gasteiger partial charge in [0, 0.05) is 19.5 Å². The van der Waals surface area contributed by atoms with Gasteiger partial charge in [0.05, 0.1) is 13.2 Å². The van der Waals surface area contributed by atoms with E-state index in [1.54, 1.807) is 7.11 Å². The predicted molar refractivity (Wildman–Crippen MR) is 100 cm³/mol. The summed E-state index contributed by atoms with van der Waals surface area (Å²) >= 11 is 0. The van der Waals surface area contributed by atoms with Crippen molar-refractivity contribution in [3.05, 3.63) is 29.8 Å². The van der Waals surface area contributed by atoms with E-state index in [9.17, 15) is 9.59 Å². The Bertz CT molecular complexity index is 607. The maximum atomic E-state index is 12.6. The van der Waals surface area contributed by atoms with Crippen LogP contribution in [0.4, 0.5) is 4.79 Å². The van der Waals surface area contributed by atoms with Crippen molar-refractivity contribution in [2.75, 3.05) is 20.2 Å². The minimum atomic E-state index is -0.513. The number of methoxy groups -OCH3 is 1. The molecule has 0 bridgehead atoms. The lowest BCUT2D eigenvalue weighted by atomic mass is 10.0. The number of alkyl carbamates (subject to hydrolysis) is 1. The fourth-order valence-corrected chi connectivity index (χ4v) is 3.13. The molecule has 144 valence electrons. The largest absolute Gasteiger partial charge is 0.497 e. The molecule has 1 aliphatic rings. The number of nitrogens with one attached hydrogen (secondary N) is 1. The van der Waals surface area contributed by atoms with Crippen molar-refractivity contribution < 1.29 is 19.1 Å². The fourth-order valence-electron chi connectivity index (χ4n) is 3.13. The Kier molecular flexibility index (Phi) is 6.89. The summed E-state index contributed by atoms with van der Waals surface area (Å²) in [5, 5.41) is 2.69. The molecular formula is C20H30N2O4. The highest BCUT2D eigenvalue weighted by atomic mass is 16.6. The fraction of sp³-hybridized carbons (Fsp3) is 0.600. The van der Waals surface area contributed by atoms with Crippen LogP contribution in [0.15, 0.2) is 24.3 Å². The lowest BCUT2D eigenvalue weighted by Gasteiger charge is -2.25. The van der Waals surface area contributed by atoms with E-state index in [1.807, 2.05) is 49.9 Å². The standard InChI is InChI=1S/C20H30N2O4/c1-20(2,3)26-19(24)21-13-5-8-18(23)22-14-6-7-17(22)15-9-11-16(25-4)12-10-15/h9-12,17H,5-8,13-14H2,1-4H3,(H,21,24). The maximum absolute atomic E-state index is 12.6. The van der Waals surface area contributed by atoms with Crippen molar-refractivity contribution in [2.45, 2.75) is 58.1 Å². The minimum absolute atomic E-state index is 0.132. The lowest BCUT2D eigenvalue weighted by Crippen LogP contribution is -2.34. The Morgan fingerprint density at radius 3 is 2.54 bits per heavy atom. The number of carbonyl (C=O) groups is 2. The Labute approximate surface area is 155 Å². The Hall–Kier alpha value is -2.24. The van der Waals surface area contributed by atoms with E-state index in [0.717, 1.165) is 30.7 Å². The zero-order valence-electron chi connectivity index (χ0n) is 16.2. The molecule has 6 nitrogen and oxygen atoms in total. The first-order valence-electron chi connectivity index (χ1n) is 9.20. The Balaban J connectivity index is 1.79. The van der Waals surface area contributed by atoms with Gasteiger partial charge >= 0.3 is 6.09 Å². The number of hydrogen-bond donors (Lipinski definition) is 1. The molecule has 0 saturated carbocycles. The van der Waals surface area contributed by atoms with E-state index >= 15 is 0 Å². The predicted octanol–water partition coefficient (Wildman–Crippen LogP) is 3.66. The zero-order chi connectivity index (χ0) is 19.2. The summed E-state index contributed by atoms with van der Waals surface area (Å²) in [4.78, 5) is 26.1. The number of carbonyl (C=O) groups excluding carboxylic acids is 2. The number of rotatable bonds is 6. The van der Waals surface area contributed by atoms with Gasteiger partial charge in [-0.1, -0.05) is 12.1 Å². The third-order valence-corrected chi connectivity index (χ3v) is 4.31. The molecule has 1 N–H and O–H groups in total. The van der Waals surface area contributed by atoms with Gasteiger partial charge in [0.25, 0.3) is 0 Å². The summed E-state index contributed by atoms with van der Waals surface area (Å²) in [6.45, 7) is 6.69. The zero-order valence-corrected chi connectivity index (χ0v) is 16.2. The molecule has 1 saturated heterocycles. The van der Waals surface area contributed by atoms with Crippen LogP contribution in [0.25, 0.3) is 0 Å². The molecule has 1 unspecified atom stereocenters. The summed E-state index contributed by atoms with van der Waals surface area (Å²) in [5.41, 5.74) is 0.629. The third kappa shape index (κ3) is 5.93. The second-order valence-electron chi connectivity index (χ2n) is 7.55. The van der Waals surface area contributed by atoms with Crippen molar-refractivity contribution in [2.24, 2.45) is 0 Å². The number of amides is 2. The molecule has 26 heavy (non-hydrogen) atoms. The number of likely N-dealkylation sites (tertiary alicyclic amines) is 1. The summed E-state index contributed by atoms with van der Waals surface area (Å²) < 4.78 is 10.4. The van der Waals surface area contributed by atoms with Gasteiger partial charge in [0.1, 0.15) is 11.4 Å². The minimum Gasteiger partial charge on any atom is -0.497 e. The summed E-state index contributed by atoms with van der Waals surface area (Å²) in [5.74, 6) is 0.951. The summed E-state index contributed by atoms with van der Waals surface area (Å²) in [7, 11) is 1.64. The van der Waals surface area contributed by atoms with Gasteiger partial charge < -0.3 is 19.7 Å². The van der Waals surface area contributed by atoms with Crippen LogP contribution in [-0.4, -0.2) is 42.7 Å². The molecule has 1 aromatic rings. The molecule has 0 radical (unpaired) electrons. The second kappa shape index (κ2) is 8.92. The maximum Gasteiger partial charge on any atom is 0.407 e. The highest BCUT2D eigenvalue weighted by molar-refractivity contribution is 5.77. The van der Waals surface area contributed by atoms with Crippen LogP contribution < -0.4 is 10.1 Å². The van der Waals surface area contributed by atoms with E-state index in [4.69, 9.17) is 9.47 Å². The molecular weight excluding hydrogens is 332 g/mol. The molecule has 0 aliphatic carbocycles. The molecule has 6 heteroatoms. The van der Waals surface area contributed by atoms with Gasteiger partial charge in [-0.05, 0) is 57.7 Å². The molecule has 1 aliphatic heterocycles. The molecule has 0 aromatic heterocycles. The second-order valence-corrected chi connectivity index (χ2v) is 7.55. The van der Waals surface area contributed by atoms with Gasteiger partial charge in [0.15, 0.2) is 0 Å². The van der Waals surface area contributed by atoms with Gasteiger partial charge in [-0.3, -0.25) is 4.79 Å². The molecule has 2 rings (SSSR count). The van der Waals surface area contributed by atoms with Crippen LogP contribution >= 0.6 is 0 Å². The van der Waals surface area contributed by atoms with Crippen LogP contribution in [-0.2, 0) is 9.53 Å². The molecule has 0 spiro atoms. The molecule has 2 amide bonds. The summed E-state index contributed by atoms with van der Waals surface area (Å²) in [6.07, 6.45) is 2.57. The van der Waals surface area contributed by atoms with E-state index in [-0.39, 0.29) is 11.9 Å². The Morgan fingerprint density at radius 1 is 1.23 bits per heavy atom. The van der Waals surface area contributed by atoms with Crippen LogP contribution in [0.2, 0.25) is 0 Å². The average Bonchev–Trinajstić information content (AvgIpc) is 3.07. The first-order valence-corrected chi connectivity index (χ1v) is 9.20. The normalized spacial score (nSPS) is 17.1. The van der Waals surface area contributed by atoms with Crippen molar-refractivity contribution in [3.8, 4) is 5.75 Å². The first kappa shape index (κ1) is 20.1. The van der Waals surface area contributed by atoms with E-state index in [2.05, 4.69) is 5.32 Å². The highest BCUT2D eigenvalue weighted by Gasteiger charge is 2.29. The van der Waals surface area contributed by atoms with Gasteiger partial charge in [-0.25, -0.2) is 4.79 Å². The van der Waals surface area contributed by atoms with Crippen molar-refractivity contribution in [3.63, 3.8) is 0 Å². The molecule has 1 aromatic carbocycles.